The van der Waals surface area contributed by atoms with Gasteiger partial charge in [0.05, 0.1) is 31.6 Å². The summed E-state index contributed by atoms with van der Waals surface area (Å²) in [4.78, 5) is 27.0. The van der Waals surface area contributed by atoms with Gasteiger partial charge in [-0.05, 0) is 45.9 Å². The van der Waals surface area contributed by atoms with Crippen molar-refractivity contribution in [2.75, 3.05) is 26.9 Å². The van der Waals surface area contributed by atoms with Crippen molar-refractivity contribution >= 4 is 18.0 Å². The van der Waals surface area contributed by atoms with Crippen molar-refractivity contribution in [2.24, 2.45) is 0 Å². The number of ether oxygens (including phenoxy) is 2. The molecule has 0 aliphatic rings. The number of carbonyl (C=O) groups excluding carboxylic acids is 2. The Bertz CT molecular complexity index is 849. The first-order chi connectivity index (χ1) is 13.9. The highest BCUT2D eigenvalue weighted by atomic mass is 16.5. The number of hydrogen-bond donors (Lipinski definition) is 0. The topological polar surface area (TPSA) is 73.9 Å². The molecule has 29 heavy (non-hydrogen) atoms. The van der Waals surface area contributed by atoms with Gasteiger partial charge in [-0.3, -0.25) is 4.79 Å². The molecule has 0 bridgehead atoms. The molecular weight excluding hydrogens is 372 g/mol. The van der Waals surface area contributed by atoms with Gasteiger partial charge in [0.25, 0.3) is 0 Å². The number of carbonyl (C=O) groups is 2. The molecule has 0 saturated carbocycles. The predicted molar refractivity (Wildman–Crippen MR) is 111 cm³/mol. The molecule has 2 rings (SSSR count). The summed E-state index contributed by atoms with van der Waals surface area (Å²) < 4.78 is 17.8. The van der Waals surface area contributed by atoms with E-state index in [1.165, 1.54) is 6.08 Å². The maximum Gasteiger partial charge on any atom is 0.340 e. The lowest BCUT2D eigenvalue weighted by molar-refractivity contribution is -0.127. The summed E-state index contributed by atoms with van der Waals surface area (Å²) in [5.74, 6) is 0.132. The second-order valence-corrected chi connectivity index (χ2v) is 6.59. The van der Waals surface area contributed by atoms with Crippen LogP contribution in [0.25, 0.3) is 6.08 Å². The van der Waals surface area contributed by atoms with Gasteiger partial charge in [0.15, 0.2) is 0 Å². The predicted octanol–water partition coefficient (Wildman–Crippen LogP) is 3.58. The Labute approximate surface area is 171 Å². The SMILES string of the molecule is CCOC(=O)c1c(/C=C/C(=O)N(CCOC)Cc2ccco2)c(C)n(CC)c1C. The van der Waals surface area contributed by atoms with Crippen LogP contribution in [0.2, 0.25) is 0 Å². The van der Waals surface area contributed by atoms with Crippen LogP contribution in [0.4, 0.5) is 0 Å². The molecule has 2 aromatic rings. The van der Waals surface area contributed by atoms with E-state index in [1.54, 1.807) is 37.3 Å². The van der Waals surface area contributed by atoms with Crippen LogP contribution in [0.1, 0.15) is 46.9 Å². The highest BCUT2D eigenvalue weighted by molar-refractivity contribution is 5.98. The molecule has 0 aliphatic carbocycles. The molecule has 2 heterocycles. The molecule has 158 valence electrons. The smallest absolute Gasteiger partial charge is 0.340 e. The Kier molecular flexibility index (Phi) is 8.27. The zero-order valence-corrected chi connectivity index (χ0v) is 17.9. The van der Waals surface area contributed by atoms with E-state index in [2.05, 4.69) is 0 Å². The van der Waals surface area contributed by atoms with Crippen molar-refractivity contribution < 1.29 is 23.5 Å². The van der Waals surface area contributed by atoms with E-state index in [0.717, 1.165) is 17.9 Å². The van der Waals surface area contributed by atoms with Gasteiger partial charge in [0.2, 0.25) is 5.91 Å². The number of amides is 1. The molecule has 0 fully saturated rings. The third-order valence-corrected chi connectivity index (χ3v) is 4.82. The van der Waals surface area contributed by atoms with Gasteiger partial charge < -0.3 is 23.4 Å². The molecule has 2 aromatic heterocycles. The van der Waals surface area contributed by atoms with E-state index in [4.69, 9.17) is 13.9 Å². The van der Waals surface area contributed by atoms with Crippen LogP contribution in [0.5, 0.6) is 0 Å². The van der Waals surface area contributed by atoms with Crippen LogP contribution in [0.3, 0.4) is 0 Å². The Morgan fingerprint density at radius 3 is 2.59 bits per heavy atom. The second-order valence-electron chi connectivity index (χ2n) is 6.59. The Morgan fingerprint density at radius 2 is 2.00 bits per heavy atom. The number of furan rings is 1. The van der Waals surface area contributed by atoms with Gasteiger partial charge in [-0.25, -0.2) is 4.79 Å². The monoisotopic (exact) mass is 402 g/mol. The Balaban J connectivity index is 2.32. The lowest BCUT2D eigenvalue weighted by Crippen LogP contribution is -2.32. The van der Waals surface area contributed by atoms with E-state index >= 15 is 0 Å². The van der Waals surface area contributed by atoms with Crippen LogP contribution in [-0.2, 0) is 27.4 Å². The largest absolute Gasteiger partial charge is 0.467 e. The van der Waals surface area contributed by atoms with Gasteiger partial charge in [-0.1, -0.05) is 0 Å². The normalized spacial score (nSPS) is 11.2. The second kappa shape index (κ2) is 10.7. The summed E-state index contributed by atoms with van der Waals surface area (Å²) in [6, 6.07) is 3.61. The van der Waals surface area contributed by atoms with Crippen molar-refractivity contribution in [3.63, 3.8) is 0 Å². The zero-order chi connectivity index (χ0) is 21.4. The quantitative estimate of drug-likeness (QED) is 0.449. The Hall–Kier alpha value is -2.80. The average Bonchev–Trinajstić information content (AvgIpc) is 3.29. The first kappa shape index (κ1) is 22.5. The summed E-state index contributed by atoms with van der Waals surface area (Å²) in [5, 5.41) is 0. The van der Waals surface area contributed by atoms with Crippen molar-refractivity contribution in [3.05, 3.63) is 52.7 Å². The number of hydrogen-bond acceptors (Lipinski definition) is 5. The van der Waals surface area contributed by atoms with Gasteiger partial charge in [0.1, 0.15) is 5.76 Å². The summed E-state index contributed by atoms with van der Waals surface area (Å²) in [6.45, 7) is 9.84. The van der Waals surface area contributed by atoms with Crippen LogP contribution in [0, 0.1) is 13.8 Å². The van der Waals surface area contributed by atoms with Crippen LogP contribution in [0.15, 0.2) is 28.9 Å². The van der Waals surface area contributed by atoms with E-state index < -0.39 is 0 Å². The highest BCUT2D eigenvalue weighted by Gasteiger charge is 2.22. The van der Waals surface area contributed by atoms with Crippen molar-refractivity contribution in [1.29, 1.82) is 0 Å². The van der Waals surface area contributed by atoms with Gasteiger partial charge in [-0.15, -0.1) is 0 Å². The maximum atomic E-state index is 12.8. The number of rotatable bonds is 10. The molecule has 7 nitrogen and oxygen atoms in total. The fourth-order valence-corrected chi connectivity index (χ4v) is 3.37. The standard InChI is InChI=1S/C22H30N2O5/c1-6-24-16(3)19(21(17(24)4)22(26)28-7-2)10-11-20(25)23(12-14-27-5)15-18-9-8-13-29-18/h8-11,13H,6-7,12,14-15H2,1-5H3/b11-10+. The molecule has 0 unspecified atom stereocenters. The number of aromatic nitrogens is 1. The van der Waals surface area contributed by atoms with E-state index in [9.17, 15) is 9.59 Å². The first-order valence-corrected chi connectivity index (χ1v) is 9.79. The molecule has 0 radical (unpaired) electrons. The lowest BCUT2D eigenvalue weighted by atomic mass is 10.1. The number of methoxy groups -OCH3 is 1. The fourth-order valence-electron chi connectivity index (χ4n) is 3.37. The minimum atomic E-state index is -0.376. The first-order valence-electron chi connectivity index (χ1n) is 9.79. The molecule has 7 heteroatoms. The lowest BCUT2D eigenvalue weighted by Gasteiger charge is -2.19. The fraction of sp³-hybridized carbons (Fsp3) is 0.455. The molecule has 0 spiro atoms. The number of nitrogens with zero attached hydrogens (tertiary/aromatic N) is 2. The van der Waals surface area contributed by atoms with E-state index in [-0.39, 0.29) is 11.9 Å². The summed E-state index contributed by atoms with van der Waals surface area (Å²) >= 11 is 0. The number of esters is 1. The van der Waals surface area contributed by atoms with Crippen molar-refractivity contribution in [1.82, 2.24) is 9.47 Å². The summed E-state index contributed by atoms with van der Waals surface area (Å²) in [6.07, 6.45) is 4.77. The highest BCUT2D eigenvalue weighted by Crippen LogP contribution is 2.25. The van der Waals surface area contributed by atoms with Gasteiger partial charge >= 0.3 is 5.97 Å². The van der Waals surface area contributed by atoms with E-state index in [0.29, 0.717) is 43.2 Å². The van der Waals surface area contributed by atoms with Crippen LogP contribution in [-0.4, -0.2) is 48.2 Å². The minimum absolute atomic E-state index is 0.186. The third-order valence-electron chi connectivity index (χ3n) is 4.82. The molecule has 0 aromatic carbocycles. The summed E-state index contributed by atoms with van der Waals surface area (Å²) in [5.41, 5.74) is 2.97. The van der Waals surface area contributed by atoms with E-state index in [1.807, 2.05) is 31.4 Å². The third kappa shape index (κ3) is 5.38. The molecule has 0 saturated heterocycles. The van der Waals surface area contributed by atoms with Crippen LogP contribution >= 0.6 is 0 Å². The molecule has 1 amide bonds. The van der Waals surface area contributed by atoms with Gasteiger partial charge in [-0.2, -0.15) is 0 Å². The Morgan fingerprint density at radius 1 is 1.24 bits per heavy atom. The zero-order valence-electron chi connectivity index (χ0n) is 17.9. The molecular formula is C22H30N2O5. The molecule has 0 atom stereocenters. The van der Waals surface area contributed by atoms with Gasteiger partial charge in [0, 0.05) is 43.2 Å². The molecule has 0 aliphatic heterocycles. The molecule has 0 N–H and O–H groups in total. The van der Waals surface area contributed by atoms with Crippen molar-refractivity contribution in [2.45, 2.75) is 40.8 Å². The van der Waals surface area contributed by atoms with Crippen molar-refractivity contribution in [3.8, 4) is 0 Å². The average molecular weight is 402 g/mol. The summed E-state index contributed by atoms with van der Waals surface area (Å²) in [7, 11) is 1.59. The maximum absolute atomic E-state index is 12.8. The minimum Gasteiger partial charge on any atom is -0.467 e. The van der Waals surface area contributed by atoms with Crippen LogP contribution < -0.4 is 0 Å².